The first-order valence-corrected chi connectivity index (χ1v) is 20.7. The number of aliphatic hydroxyl groups is 2. The number of hydrogen-bond acceptors (Lipinski definition) is 4. The Morgan fingerprint density at radius 2 is 0.981 bits per heavy atom. The number of aliphatic hydroxyl groups excluding tert-OH is 1. The van der Waals surface area contributed by atoms with Crippen LogP contribution >= 0.6 is 0 Å². The minimum atomic E-state index is -2.44. The van der Waals surface area contributed by atoms with Crippen molar-refractivity contribution in [2.24, 2.45) is 11.3 Å². The summed E-state index contributed by atoms with van der Waals surface area (Å²) in [5.41, 5.74) is 0.155. The molecule has 0 aliphatic rings. The zero-order chi connectivity index (χ0) is 37.0. The van der Waals surface area contributed by atoms with Crippen LogP contribution in [0.5, 0.6) is 0 Å². The SMILES string of the molecule is CCCCCCC(C(O[SiH](c1ccccc1)c1ccccc1)OC(c1ccccc1)(c1ccccc1)c1ccccc1)C(O)C(C)(O)CC(C)(C)C. The summed E-state index contributed by atoms with van der Waals surface area (Å²) in [5, 5.41) is 27.0. The largest absolute Gasteiger partial charge is 0.390 e. The second kappa shape index (κ2) is 18.3. The molecule has 4 atom stereocenters. The summed E-state index contributed by atoms with van der Waals surface area (Å²) in [6.07, 6.45) is 3.11. The van der Waals surface area contributed by atoms with Crippen molar-refractivity contribution < 1.29 is 19.4 Å². The van der Waals surface area contributed by atoms with E-state index in [0.29, 0.717) is 12.8 Å². The first-order chi connectivity index (χ1) is 25.0. The molecule has 0 fully saturated rings. The number of unbranched alkanes of at least 4 members (excludes halogenated alkanes) is 3. The van der Waals surface area contributed by atoms with Crippen LogP contribution in [0.3, 0.4) is 0 Å². The number of benzene rings is 5. The Bertz CT molecular complexity index is 1590. The van der Waals surface area contributed by atoms with Crippen LogP contribution in [0.1, 0.15) is 89.8 Å². The highest BCUT2D eigenvalue weighted by atomic mass is 28.3. The second-order valence-electron chi connectivity index (χ2n) is 15.7. The number of ether oxygens (including phenoxy) is 1. The van der Waals surface area contributed by atoms with Crippen molar-refractivity contribution in [1.82, 2.24) is 0 Å². The maximum atomic E-state index is 12.6. The van der Waals surface area contributed by atoms with Gasteiger partial charge in [-0.25, -0.2) is 0 Å². The van der Waals surface area contributed by atoms with Gasteiger partial charge in [0.15, 0.2) is 6.29 Å². The molecule has 52 heavy (non-hydrogen) atoms. The summed E-state index contributed by atoms with van der Waals surface area (Å²) in [4.78, 5) is 0. The Hall–Kier alpha value is -3.84. The molecule has 4 unspecified atom stereocenters. The van der Waals surface area contributed by atoms with Gasteiger partial charge in [-0.1, -0.05) is 205 Å². The lowest BCUT2D eigenvalue weighted by Gasteiger charge is -2.46. The van der Waals surface area contributed by atoms with E-state index in [2.05, 4.69) is 113 Å². The van der Waals surface area contributed by atoms with E-state index in [4.69, 9.17) is 9.16 Å². The molecule has 0 aromatic heterocycles. The quantitative estimate of drug-likeness (QED) is 0.0412. The zero-order valence-electron chi connectivity index (χ0n) is 31.7. The molecule has 5 rings (SSSR count). The van der Waals surface area contributed by atoms with Gasteiger partial charge in [0, 0.05) is 5.92 Å². The Kier molecular flexibility index (Phi) is 13.8. The van der Waals surface area contributed by atoms with Crippen molar-refractivity contribution >= 4 is 19.4 Å². The van der Waals surface area contributed by atoms with Crippen LogP contribution in [0.15, 0.2) is 152 Å². The lowest BCUT2D eigenvalue weighted by Crippen LogP contribution is -2.56. The summed E-state index contributed by atoms with van der Waals surface area (Å²) < 4.78 is 15.3. The summed E-state index contributed by atoms with van der Waals surface area (Å²) in [6.45, 7) is 10.3. The Morgan fingerprint density at radius 1 is 0.577 bits per heavy atom. The van der Waals surface area contributed by atoms with Crippen molar-refractivity contribution in [1.29, 1.82) is 0 Å². The lowest BCUT2D eigenvalue weighted by molar-refractivity contribution is -0.216. The van der Waals surface area contributed by atoms with Gasteiger partial charge in [0.2, 0.25) is 9.04 Å². The topological polar surface area (TPSA) is 58.9 Å². The van der Waals surface area contributed by atoms with E-state index in [1.807, 2.05) is 66.7 Å². The minimum absolute atomic E-state index is 0.221. The fourth-order valence-electron chi connectivity index (χ4n) is 7.74. The average molecular weight is 715 g/mol. The van der Waals surface area contributed by atoms with Gasteiger partial charge in [-0.2, -0.15) is 0 Å². The molecule has 0 aliphatic heterocycles. The van der Waals surface area contributed by atoms with Crippen molar-refractivity contribution in [3.8, 4) is 0 Å². The molecule has 0 saturated heterocycles. The smallest absolute Gasteiger partial charge is 0.243 e. The molecule has 5 aromatic carbocycles. The van der Waals surface area contributed by atoms with Gasteiger partial charge in [0.05, 0.1) is 11.7 Å². The summed E-state index contributed by atoms with van der Waals surface area (Å²) in [5.74, 6) is -0.549. The number of hydrogen-bond donors (Lipinski definition) is 2. The highest BCUT2D eigenvalue weighted by molar-refractivity contribution is 6.80. The standard InChI is InChI=1S/C47H58O4Si/c1-6-7-8-24-35-42(43(48)46(5,49)36-45(2,3)4)44(51-52(40-31-20-12-21-32-40)41-33-22-13-23-34-41)50-47(37-25-14-9-15-26-37,38-27-16-10-17-28-38)39-29-18-11-19-30-39/h9-23,25-34,42-44,48-49,52H,6-8,24,35-36H2,1-5H3. The highest BCUT2D eigenvalue weighted by Gasteiger charge is 2.48. The molecule has 0 bridgehead atoms. The molecule has 0 spiro atoms. The maximum Gasteiger partial charge on any atom is 0.243 e. The minimum Gasteiger partial charge on any atom is -0.390 e. The Balaban J connectivity index is 1.76. The molecule has 0 amide bonds. The molecule has 5 aromatic rings. The van der Waals surface area contributed by atoms with Crippen molar-refractivity contribution in [3.05, 3.63) is 168 Å². The molecule has 4 nitrogen and oxygen atoms in total. The van der Waals surface area contributed by atoms with Crippen LogP contribution in [-0.2, 0) is 14.8 Å². The molecule has 274 valence electrons. The predicted octanol–water partition coefficient (Wildman–Crippen LogP) is 9.01. The Labute approximate surface area is 314 Å². The van der Waals surface area contributed by atoms with Gasteiger partial charge >= 0.3 is 0 Å². The van der Waals surface area contributed by atoms with Crippen LogP contribution in [-0.4, -0.2) is 37.2 Å². The summed E-state index contributed by atoms with van der Waals surface area (Å²) >= 11 is 0. The molecule has 0 radical (unpaired) electrons. The van der Waals surface area contributed by atoms with E-state index in [1.165, 1.54) is 0 Å². The zero-order valence-corrected chi connectivity index (χ0v) is 32.9. The van der Waals surface area contributed by atoms with E-state index in [1.54, 1.807) is 6.92 Å². The van der Waals surface area contributed by atoms with Crippen LogP contribution < -0.4 is 10.4 Å². The predicted molar refractivity (Wildman–Crippen MR) is 217 cm³/mol. The molecule has 2 N–H and O–H groups in total. The van der Waals surface area contributed by atoms with Crippen LogP contribution in [0, 0.1) is 11.3 Å². The Morgan fingerprint density at radius 3 is 1.37 bits per heavy atom. The van der Waals surface area contributed by atoms with Gasteiger partial charge in [0.25, 0.3) is 0 Å². The fourth-order valence-corrected chi connectivity index (χ4v) is 10.1. The first kappa shape index (κ1) is 39.4. The molecule has 0 aliphatic carbocycles. The van der Waals surface area contributed by atoms with Gasteiger partial charge < -0.3 is 19.4 Å². The highest BCUT2D eigenvalue weighted by Crippen LogP contribution is 2.44. The van der Waals surface area contributed by atoms with Crippen molar-refractivity contribution in [2.75, 3.05) is 0 Å². The third kappa shape index (κ3) is 9.97. The van der Waals surface area contributed by atoms with Crippen LogP contribution in [0.2, 0.25) is 0 Å². The average Bonchev–Trinajstić information content (AvgIpc) is 3.16. The van der Waals surface area contributed by atoms with Crippen LogP contribution in [0.25, 0.3) is 0 Å². The van der Waals surface area contributed by atoms with E-state index in [-0.39, 0.29) is 5.41 Å². The molecular weight excluding hydrogens is 657 g/mol. The second-order valence-corrected chi connectivity index (χ2v) is 18.0. The van der Waals surface area contributed by atoms with Crippen molar-refractivity contribution in [3.63, 3.8) is 0 Å². The third-order valence-electron chi connectivity index (χ3n) is 9.98. The third-order valence-corrected chi connectivity index (χ3v) is 12.5. The monoisotopic (exact) mass is 714 g/mol. The summed E-state index contributed by atoms with van der Waals surface area (Å²) in [7, 11) is -2.44. The van der Waals surface area contributed by atoms with Gasteiger partial charge in [-0.15, -0.1) is 0 Å². The van der Waals surface area contributed by atoms with E-state index < -0.39 is 38.6 Å². The van der Waals surface area contributed by atoms with E-state index >= 15 is 0 Å². The normalized spacial score (nSPS) is 15.2. The molecular formula is C47H58O4Si. The van der Waals surface area contributed by atoms with Crippen molar-refractivity contribution in [2.45, 2.75) is 96.7 Å². The van der Waals surface area contributed by atoms with E-state index in [0.717, 1.165) is 52.7 Å². The lowest BCUT2D eigenvalue weighted by atomic mass is 9.75. The first-order valence-electron chi connectivity index (χ1n) is 19.1. The molecule has 0 saturated carbocycles. The summed E-state index contributed by atoms with van der Waals surface area (Å²) in [6, 6.07) is 51.9. The van der Waals surface area contributed by atoms with Crippen LogP contribution in [0.4, 0.5) is 0 Å². The molecule has 5 heteroatoms. The van der Waals surface area contributed by atoms with Gasteiger partial charge in [-0.05, 0) is 52.2 Å². The number of rotatable bonds is 18. The maximum absolute atomic E-state index is 12.6. The van der Waals surface area contributed by atoms with E-state index in [9.17, 15) is 10.2 Å². The van der Waals surface area contributed by atoms with Gasteiger partial charge in [-0.3, -0.25) is 0 Å². The van der Waals surface area contributed by atoms with Gasteiger partial charge in [0.1, 0.15) is 5.60 Å². The fraction of sp³-hybridized carbons (Fsp3) is 0.362. The molecule has 0 heterocycles.